The Bertz CT molecular complexity index is 945. The molecule has 2 aromatic rings. The van der Waals surface area contributed by atoms with Gasteiger partial charge >= 0.3 is 0 Å². The molecule has 1 aromatic carbocycles. The van der Waals surface area contributed by atoms with Crippen molar-refractivity contribution in [2.75, 3.05) is 76.4 Å². The van der Waals surface area contributed by atoms with Crippen LogP contribution in [-0.4, -0.2) is 98.3 Å². The van der Waals surface area contributed by atoms with Crippen molar-refractivity contribution in [1.29, 1.82) is 0 Å². The Morgan fingerprint density at radius 2 is 1.94 bits per heavy atom. The van der Waals surface area contributed by atoms with Gasteiger partial charge in [-0.1, -0.05) is 19.1 Å². The molecular weight excluding hydrogens is 444 g/mol. The van der Waals surface area contributed by atoms with Gasteiger partial charge in [-0.25, -0.2) is 9.97 Å². The maximum atomic E-state index is 10.00. The number of piperazine rings is 1. The van der Waals surface area contributed by atoms with Crippen molar-refractivity contribution in [3.05, 3.63) is 29.8 Å². The number of aliphatic hydroxyl groups is 1. The Kier molecular flexibility index (Phi) is 9.14. The molecule has 2 aliphatic rings. The third kappa shape index (κ3) is 6.82. The van der Waals surface area contributed by atoms with Crippen LogP contribution in [0.1, 0.15) is 25.3 Å². The average molecular weight is 485 g/mol. The van der Waals surface area contributed by atoms with Gasteiger partial charge in [-0.3, -0.25) is 0 Å². The summed E-state index contributed by atoms with van der Waals surface area (Å²) < 4.78 is 11.4. The molecule has 0 radical (unpaired) electrons. The molecule has 3 heterocycles. The molecular formula is C26H40N6O3. The maximum Gasteiger partial charge on any atom is 0.164 e. The maximum absolute atomic E-state index is 10.00. The van der Waals surface area contributed by atoms with Crippen molar-refractivity contribution in [2.24, 2.45) is 0 Å². The molecule has 0 aliphatic carbocycles. The molecule has 35 heavy (non-hydrogen) atoms. The summed E-state index contributed by atoms with van der Waals surface area (Å²) in [6.07, 6.45) is 1.38. The first-order valence-electron chi connectivity index (χ1n) is 12.8. The molecule has 0 bridgehead atoms. The number of nitrogens with zero attached hydrogens (tertiary/aromatic N) is 4. The van der Waals surface area contributed by atoms with Gasteiger partial charge in [-0.2, -0.15) is 0 Å². The highest BCUT2D eigenvalue weighted by molar-refractivity contribution is 5.67. The molecule has 0 amide bonds. The summed E-state index contributed by atoms with van der Waals surface area (Å²) in [6, 6.07) is 8.16. The van der Waals surface area contributed by atoms with Crippen molar-refractivity contribution in [1.82, 2.24) is 20.2 Å². The summed E-state index contributed by atoms with van der Waals surface area (Å²) in [5.74, 6) is 3.26. The smallest absolute Gasteiger partial charge is 0.164 e. The fraction of sp³-hybridized carbons (Fsp3) is 0.615. The van der Waals surface area contributed by atoms with Crippen molar-refractivity contribution in [3.63, 3.8) is 0 Å². The molecule has 1 aromatic heterocycles. The number of aliphatic hydroxyl groups excluding tert-OH is 1. The van der Waals surface area contributed by atoms with E-state index in [1.165, 1.54) is 0 Å². The number of aromatic nitrogens is 2. The van der Waals surface area contributed by atoms with E-state index in [9.17, 15) is 5.11 Å². The number of benzene rings is 1. The van der Waals surface area contributed by atoms with Gasteiger partial charge in [-0.15, -0.1) is 0 Å². The number of rotatable bonds is 10. The Morgan fingerprint density at radius 3 is 2.66 bits per heavy atom. The van der Waals surface area contributed by atoms with Crippen LogP contribution in [0.5, 0.6) is 5.75 Å². The van der Waals surface area contributed by atoms with E-state index in [0.717, 1.165) is 81.5 Å². The summed E-state index contributed by atoms with van der Waals surface area (Å²) in [5, 5.41) is 16.6. The van der Waals surface area contributed by atoms with Crippen LogP contribution in [0.3, 0.4) is 0 Å². The first kappa shape index (κ1) is 25.6. The summed E-state index contributed by atoms with van der Waals surface area (Å²) in [6.45, 7) is 11.7. The lowest BCUT2D eigenvalue weighted by molar-refractivity contribution is 0.0904. The Balaban J connectivity index is 1.61. The fourth-order valence-corrected chi connectivity index (χ4v) is 4.61. The van der Waals surface area contributed by atoms with Gasteiger partial charge < -0.3 is 35.0 Å². The molecule has 2 aliphatic heterocycles. The molecule has 192 valence electrons. The predicted octanol–water partition coefficient (Wildman–Crippen LogP) is 2.14. The highest BCUT2D eigenvalue weighted by Gasteiger charge is 2.23. The van der Waals surface area contributed by atoms with E-state index >= 15 is 0 Å². The van der Waals surface area contributed by atoms with Crippen LogP contribution in [0, 0.1) is 6.92 Å². The minimum Gasteiger partial charge on any atom is -0.491 e. The van der Waals surface area contributed by atoms with E-state index in [1.54, 1.807) is 0 Å². The van der Waals surface area contributed by atoms with E-state index in [4.69, 9.17) is 19.4 Å². The summed E-state index contributed by atoms with van der Waals surface area (Å²) >= 11 is 0. The second kappa shape index (κ2) is 12.5. The van der Waals surface area contributed by atoms with Gasteiger partial charge in [0, 0.05) is 63.1 Å². The number of hydrogen-bond acceptors (Lipinski definition) is 9. The van der Waals surface area contributed by atoms with Crippen LogP contribution in [-0.2, 0) is 4.74 Å². The lowest BCUT2D eigenvalue weighted by Crippen LogP contribution is -2.46. The SMILES string of the molecule is CCN1CCN(c2nc(-c3cccc(OCC(O)CNC)c3)nc(NC3CCOCC3)c2C)CC1. The largest absolute Gasteiger partial charge is 0.491 e. The topological polar surface area (TPSA) is 95.0 Å². The minimum absolute atomic E-state index is 0.225. The third-order valence-electron chi connectivity index (χ3n) is 6.78. The fourth-order valence-electron chi connectivity index (χ4n) is 4.61. The van der Waals surface area contributed by atoms with Gasteiger partial charge in [-0.05, 0) is 45.5 Å². The van der Waals surface area contributed by atoms with E-state index < -0.39 is 6.10 Å². The zero-order chi connectivity index (χ0) is 24.6. The van der Waals surface area contributed by atoms with Crippen molar-refractivity contribution in [2.45, 2.75) is 38.8 Å². The molecule has 0 spiro atoms. The highest BCUT2D eigenvalue weighted by Crippen LogP contribution is 2.31. The zero-order valence-electron chi connectivity index (χ0n) is 21.3. The number of anilines is 2. The first-order chi connectivity index (χ1) is 17.1. The Hall–Kier alpha value is -2.46. The number of nitrogens with one attached hydrogen (secondary N) is 2. The van der Waals surface area contributed by atoms with E-state index in [-0.39, 0.29) is 6.61 Å². The van der Waals surface area contributed by atoms with Crippen LogP contribution in [0.25, 0.3) is 11.4 Å². The second-order valence-corrected chi connectivity index (χ2v) is 9.35. The molecule has 0 saturated carbocycles. The van der Waals surface area contributed by atoms with Crippen LogP contribution in [0.2, 0.25) is 0 Å². The van der Waals surface area contributed by atoms with Crippen molar-refractivity contribution in [3.8, 4) is 17.1 Å². The van der Waals surface area contributed by atoms with Gasteiger partial charge in [0.1, 0.15) is 30.1 Å². The molecule has 1 unspecified atom stereocenters. The van der Waals surface area contributed by atoms with Crippen molar-refractivity contribution < 1.29 is 14.6 Å². The lowest BCUT2D eigenvalue weighted by atomic mass is 10.1. The van der Waals surface area contributed by atoms with Crippen LogP contribution >= 0.6 is 0 Å². The molecule has 1 atom stereocenters. The third-order valence-corrected chi connectivity index (χ3v) is 6.78. The van der Waals surface area contributed by atoms with E-state index in [1.807, 2.05) is 31.3 Å². The molecule has 2 saturated heterocycles. The Morgan fingerprint density at radius 1 is 1.17 bits per heavy atom. The molecule has 3 N–H and O–H groups in total. The van der Waals surface area contributed by atoms with Crippen molar-refractivity contribution >= 4 is 11.6 Å². The van der Waals surface area contributed by atoms with Gasteiger partial charge in [0.15, 0.2) is 5.82 Å². The second-order valence-electron chi connectivity index (χ2n) is 9.35. The lowest BCUT2D eigenvalue weighted by Gasteiger charge is -2.36. The van der Waals surface area contributed by atoms with E-state index in [2.05, 4.69) is 34.3 Å². The standard InChI is InChI=1S/C26H40N6O3/c1-4-31-10-12-32(13-11-31)26-19(2)24(28-21-8-14-34-15-9-21)29-25(30-26)20-6-5-7-23(16-20)35-18-22(33)17-27-3/h5-7,16,21-22,27,33H,4,8-15,17-18H2,1-3H3,(H,28,29,30). The first-order valence-corrected chi connectivity index (χ1v) is 12.8. The molecule has 9 nitrogen and oxygen atoms in total. The van der Waals surface area contributed by atoms with Gasteiger partial charge in [0.25, 0.3) is 0 Å². The highest BCUT2D eigenvalue weighted by atomic mass is 16.5. The van der Waals surface area contributed by atoms with Gasteiger partial charge in [0.2, 0.25) is 0 Å². The minimum atomic E-state index is -0.567. The normalized spacial score (nSPS) is 18.5. The molecule has 9 heteroatoms. The summed E-state index contributed by atoms with van der Waals surface area (Å²) in [4.78, 5) is 14.9. The zero-order valence-corrected chi connectivity index (χ0v) is 21.3. The van der Waals surface area contributed by atoms with Gasteiger partial charge in [0.05, 0.1) is 0 Å². The monoisotopic (exact) mass is 484 g/mol. The molecule has 2 fully saturated rings. The van der Waals surface area contributed by atoms with E-state index in [0.29, 0.717) is 24.2 Å². The average Bonchev–Trinajstić information content (AvgIpc) is 2.90. The number of likely N-dealkylation sites (N-methyl/N-ethyl adjacent to an activating group) is 2. The predicted molar refractivity (Wildman–Crippen MR) is 139 cm³/mol. The molecule has 4 rings (SSSR count). The quantitative estimate of drug-likeness (QED) is 0.469. The summed E-state index contributed by atoms with van der Waals surface area (Å²) in [7, 11) is 1.81. The van der Waals surface area contributed by atoms with Crippen LogP contribution in [0.15, 0.2) is 24.3 Å². The summed E-state index contributed by atoms with van der Waals surface area (Å²) in [5.41, 5.74) is 1.99. The van der Waals surface area contributed by atoms with Crippen LogP contribution in [0.4, 0.5) is 11.6 Å². The number of ether oxygens (including phenoxy) is 2. The Labute approximate surface area is 208 Å². The van der Waals surface area contributed by atoms with Crippen LogP contribution < -0.4 is 20.3 Å². The number of hydrogen-bond donors (Lipinski definition) is 3.